The molecule has 0 aromatic carbocycles. The standard InChI is InChI=1S/C9H11NO4S/c1-6(9(11)12)2-3-7-4-5-8(15-7)10(13)14/h4-6H,2-3H2,1H3,(H,11,12). The first-order valence-electron chi connectivity index (χ1n) is 4.46. The average molecular weight is 229 g/mol. The van der Waals surface area contributed by atoms with Gasteiger partial charge in [-0.3, -0.25) is 14.9 Å². The Labute approximate surface area is 90.5 Å². The van der Waals surface area contributed by atoms with Crippen LogP contribution in [0.4, 0.5) is 5.00 Å². The number of rotatable bonds is 5. The number of thiophene rings is 1. The largest absolute Gasteiger partial charge is 0.481 e. The lowest BCUT2D eigenvalue weighted by Gasteiger charge is -2.02. The molecule has 1 unspecified atom stereocenters. The molecule has 1 rings (SSSR count). The highest BCUT2D eigenvalue weighted by molar-refractivity contribution is 7.15. The van der Waals surface area contributed by atoms with Gasteiger partial charge in [-0.05, 0) is 18.9 Å². The minimum atomic E-state index is -0.832. The van der Waals surface area contributed by atoms with E-state index in [0.717, 1.165) is 16.2 Å². The average Bonchev–Trinajstić information content (AvgIpc) is 2.62. The van der Waals surface area contributed by atoms with Crippen molar-refractivity contribution in [3.05, 3.63) is 27.1 Å². The van der Waals surface area contributed by atoms with Crippen molar-refractivity contribution in [3.8, 4) is 0 Å². The van der Waals surface area contributed by atoms with Gasteiger partial charge in [-0.15, -0.1) is 0 Å². The maximum Gasteiger partial charge on any atom is 0.324 e. The van der Waals surface area contributed by atoms with Gasteiger partial charge in [0.25, 0.3) is 0 Å². The molecule has 0 amide bonds. The Morgan fingerprint density at radius 3 is 2.80 bits per heavy atom. The summed E-state index contributed by atoms with van der Waals surface area (Å²) < 4.78 is 0. The molecule has 1 N–H and O–H groups in total. The minimum absolute atomic E-state index is 0.105. The first kappa shape index (κ1) is 11.6. The summed E-state index contributed by atoms with van der Waals surface area (Å²) in [6.45, 7) is 1.63. The maximum absolute atomic E-state index is 10.5. The van der Waals surface area contributed by atoms with E-state index in [-0.39, 0.29) is 5.00 Å². The second-order valence-electron chi connectivity index (χ2n) is 3.28. The van der Waals surface area contributed by atoms with Crippen molar-refractivity contribution in [2.45, 2.75) is 19.8 Å². The molecular formula is C9H11NO4S. The first-order chi connectivity index (χ1) is 7.00. The third-order valence-corrected chi connectivity index (χ3v) is 3.17. The summed E-state index contributed by atoms with van der Waals surface area (Å²) in [4.78, 5) is 21.3. The lowest BCUT2D eigenvalue weighted by molar-refractivity contribution is -0.380. The summed E-state index contributed by atoms with van der Waals surface area (Å²) in [5.41, 5.74) is 0. The van der Waals surface area contributed by atoms with Gasteiger partial charge in [0, 0.05) is 10.9 Å². The Morgan fingerprint density at radius 1 is 1.67 bits per heavy atom. The predicted octanol–water partition coefficient (Wildman–Crippen LogP) is 2.31. The van der Waals surface area contributed by atoms with Crippen molar-refractivity contribution in [1.29, 1.82) is 0 Å². The molecule has 0 aliphatic rings. The summed E-state index contributed by atoms with van der Waals surface area (Å²) in [6.07, 6.45) is 1.08. The number of carbonyl (C=O) groups is 1. The Kier molecular flexibility index (Phi) is 3.79. The highest BCUT2D eigenvalue weighted by Crippen LogP contribution is 2.25. The molecule has 6 heteroatoms. The molecule has 82 valence electrons. The van der Waals surface area contributed by atoms with Gasteiger partial charge >= 0.3 is 11.0 Å². The van der Waals surface area contributed by atoms with Crippen LogP contribution in [0.25, 0.3) is 0 Å². The second-order valence-corrected chi connectivity index (χ2v) is 4.42. The molecule has 0 radical (unpaired) electrons. The minimum Gasteiger partial charge on any atom is -0.481 e. The normalized spacial score (nSPS) is 12.3. The third-order valence-electron chi connectivity index (χ3n) is 2.07. The van der Waals surface area contributed by atoms with Crippen LogP contribution in [0.2, 0.25) is 0 Å². The molecular weight excluding hydrogens is 218 g/mol. The first-order valence-corrected chi connectivity index (χ1v) is 5.28. The highest BCUT2D eigenvalue weighted by Gasteiger charge is 2.13. The summed E-state index contributed by atoms with van der Waals surface area (Å²) >= 11 is 1.10. The molecule has 5 nitrogen and oxygen atoms in total. The number of aryl methyl sites for hydroxylation is 1. The molecule has 1 heterocycles. The SMILES string of the molecule is CC(CCc1ccc([N+](=O)[O-])s1)C(=O)O. The van der Waals surface area contributed by atoms with Gasteiger partial charge < -0.3 is 5.11 Å². The van der Waals surface area contributed by atoms with Gasteiger partial charge in [-0.1, -0.05) is 18.3 Å². The van der Waals surface area contributed by atoms with Crippen molar-refractivity contribution in [1.82, 2.24) is 0 Å². The molecule has 0 saturated carbocycles. The van der Waals surface area contributed by atoms with Crippen molar-refractivity contribution < 1.29 is 14.8 Å². The van der Waals surface area contributed by atoms with E-state index in [2.05, 4.69) is 0 Å². The van der Waals surface area contributed by atoms with E-state index in [1.54, 1.807) is 13.0 Å². The van der Waals surface area contributed by atoms with Crippen LogP contribution >= 0.6 is 11.3 Å². The lowest BCUT2D eigenvalue weighted by Crippen LogP contribution is -2.09. The number of aliphatic carboxylic acids is 1. The quantitative estimate of drug-likeness (QED) is 0.620. The molecule has 1 aromatic rings. The van der Waals surface area contributed by atoms with Gasteiger partial charge in [0.05, 0.1) is 10.8 Å². The number of carboxylic acid groups (broad SMARTS) is 1. The maximum atomic E-state index is 10.5. The van der Waals surface area contributed by atoms with Gasteiger partial charge in [0.1, 0.15) is 0 Å². The second kappa shape index (κ2) is 4.88. The predicted molar refractivity (Wildman–Crippen MR) is 56.1 cm³/mol. The van der Waals surface area contributed by atoms with E-state index in [0.29, 0.717) is 12.8 Å². The molecule has 0 aliphatic heterocycles. The monoisotopic (exact) mass is 229 g/mol. The van der Waals surface area contributed by atoms with Crippen LogP contribution in [0, 0.1) is 16.0 Å². The molecule has 0 saturated heterocycles. The van der Waals surface area contributed by atoms with Crippen LogP contribution in [0.1, 0.15) is 18.2 Å². The summed E-state index contributed by atoms with van der Waals surface area (Å²) in [5.74, 6) is -1.24. The Hall–Kier alpha value is -1.43. The van der Waals surface area contributed by atoms with E-state index >= 15 is 0 Å². The van der Waals surface area contributed by atoms with E-state index in [4.69, 9.17) is 5.11 Å². The Morgan fingerprint density at radius 2 is 2.33 bits per heavy atom. The van der Waals surface area contributed by atoms with Gasteiger partial charge in [-0.2, -0.15) is 0 Å². The third kappa shape index (κ3) is 3.32. The fourth-order valence-electron chi connectivity index (χ4n) is 1.08. The van der Waals surface area contributed by atoms with Crippen LogP contribution in [0.5, 0.6) is 0 Å². The van der Waals surface area contributed by atoms with Gasteiger partial charge in [-0.25, -0.2) is 0 Å². The molecule has 0 spiro atoms. The van der Waals surface area contributed by atoms with Gasteiger partial charge in [0.2, 0.25) is 0 Å². The zero-order valence-corrected chi connectivity index (χ0v) is 8.99. The van der Waals surface area contributed by atoms with Crippen LogP contribution < -0.4 is 0 Å². The zero-order chi connectivity index (χ0) is 11.4. The van der Waals surface area contributed by atoms with Crippen molar-refractivity contribution in [3.63, 3.8) is 0 Å². The molecule has 0 bridgehead atoms. The topological polar surface area (TPSA) is 80.4 Å². The molecule has 1 aromatic heterocycles. The molecule has 1 atom stereocenters. The molecule has 15 heavy (non-hydrogen) atoms. The molecule has 0 fully saturated rings. The van der Waals surface area contributed by atoms with Gasteiger partial charge in [0.15, 0.2) is 0 Å². The number of hydrogen-bond donors (Lipinski definition) is 1. The summed E-state index contributed by atoms with van der Waals surface area (Å²) in [5, 5.41) is 19.1. The number of nitrogens with zero attached hydrogens (tertiary/aromatic N) is 1. The van der Waals surface area contributed by atoms with E-state index in [9.17, 15) is 14.9 Å². The van der Waals surface area contributed by atoms with E-state index < -0.39 is 16.8 Å². The van der Waals surface area contributed by atoms with Crippen LogP contribution in [0.15, 0.2) is 12.1 Å². The van der Waals surface area contributed by atoms with Crippen molar-refractivity contribution in [2.75, 3.05) is 0 Å². The number of nitro groups is 1. The van der Waals surface area contributed by atoms with Crippen LogP contribution in [-0.4, -0.2) is 16.0 Å². The van der Waals surface area contributed by atoms with E-state index in [1.165, 1.54) is 6.07 Å². The highest BCUT2D eigenvalue weighted by atomic mass is 32.1. The van der Waals surface area contributed by atoms with Crippen LogP contribution in [0.3, 0.4) is 0 Å². The van der Waals surface area contributed by atoms with E-state index in [1.807, 2.05) is 0 Å². The fraction of sp³-hybridized carbons (Fsp3) is 0.444. The zero-order valence-electron chi connectivity index (χ0n) is 8.17. The Balaban J connectivity index is 2.51. The lowest BCUT2D eigenvalue weighted by atomic mass is 10.1. The number of hydrogen-bond acceptors (Lipinski definition) is 4. The van der Waals surface area contributed by atoms with Crippen LogP contribution in [-0.2, 0) is 11.2 Å². The van der Waals surface area contributed by atoms with Crippen molar-refractivity contribution in [2.24, 2.45) is 5.92 Å². The van der Waals surface area contributed by atoms with Crippen molar-refractivity contribution >= 4 is 22.3 Å². The number of carboxylic acids is 1. The smallest absolute Gasteiger partial charge is 0.324 e. The fourth-order valence-corrected chi connectivity index (χ4v) is 1.92. The Bertz CT molecular complexity index is 374. The molecule has 0 aliphatic carbocycles. The summed E-state index contributed by atoms with van der Waals surface area (Å²) in [6, 6.07) is 3.13. The summed E-state index contributed by atoms with van der Waals surface area (Å²) in [7, 11) is 0.